The number of benzene rings is 1. The summed E-state index contributed by atoms with van der Waals surface area (Å²) in [6.07, 6.45) is 1.90. The Morgan fingerprint density at radius 2 is 1.88 bits per heavy atom. The summed E-state index contributed by atoms with van der Waals surface area (Å²) in [4.78, 5) is 0. The van der Waals surface area contributed by atoms with E-state index in [9.17, 15) is 0 Å². The van der Waals surface area contributed by atoms with E-state index in [0.717, 1.165) is 24.2 Å². The van der Waals surface area contributed by atoms with Crippen LogP contribution in [0.3, 0.4) is 0 Å². The molecule has 1 aromatic carbocycles. The smallest absolute Gasteiger partial charge is 0.124 e. The maximum atomic E-state index is 6.21. The monoisotopic (exact) mass is 236 g/mol. The Kier molecular flexibility index (Phi) is 4.97. The molecule has 0 aliphatic heterocycles. The van der Waals surface area contributed by atoms with E-state index in [1.165, 1.54) is 16.7 Å². The molecule has 1 aromatic rings. The molecule has 3 heteroatoms. The predicted molar refractivity (Wildman–Crippen MR) is 72.4 cm³/mol. The molecule has 1 rings (SSSR count). The van der Waals surface area contributed by atoms with Crippen LogP contribution in [0.15, 0.2) is 6.07 Å². The summed E-state index contributed by atoms with van der Waals surface area (Å²) in [6, 6.07) is 2.21. The highest BCUT2D eigenvalue weighted by molar-refractivity contribution is 5.49. The highest BCUT2D eigenvalue weighted by atomic mass is 16.5. The first-order valence-electron chi connectivity index (χ1n) is 6.13. The Morgan fingerprint density at radius 1 is 1.24 bits per heavy atom. The number of aryl methyl sites for hydroxylation is 1. The quantitative estimate of drug-likeness (QED) is 0.825. The molecule has 0 aliphatic carbocycles. The Morgan fingerprint density at radius 3 is 2.41 bits per heavy atom. The van der Waals surface area contributed by atoms with Crippen molar-refractivity contribution in [2.24, 2.45) is 11.5 Å². The number of hydrogen-bond acceptors (Lipinski definition) is 3. The lowest BCUT2D eigenvalue weighted by Gasteiger charge is -2.20. The van der Waals surface area contributed by atoms with Crippen molar-refractivity contribution in [2.45, 2.75) is 39.7 Å². The summed E-state index contributed by atoms with van der Waals surface area (Å²) < 4.78 is 5.41. The van der Waals surface area contributed by atoms with Crippen molar-refractivity contribution in [3.8, 4) is 5.75 Å². The zero-order valence-electron chi connectivity index (χ0n) is 11.3. The molecule has 0 fully saturated rings. The Labute approximate surface area is 104 Å². The van der Waals surface area contributed by atoms with Crippen molar-refractivity contribution < 1.29 is 4.74 Å². The predicted octanol–water partition coefficient (Wildman–Crippen LogP) is 2.36. The highest BCUT2D eigenvalue weighted by Gasteiger charge is 2.15. The second-order valence-corrected chi connectivity index (χ2v) is 4.60. The Bertz CT molecular complexity index is 388. The number of methoxy groups -OCH3 is 1. The van der Waals surface area contributed by atoms with Crippen LogP contribution in [0.5, 0.6) is 5.75 Å². The summed E-state index contributed by atoms with van der Waals surface area (Å²) in [5.41, 5.74) is 16.5. The number of hydrogen-bond donors (Lipinski definition) is 2. The van der Waals surface area contributed by atoms with Gasteiger partial charge < -0.3 is 16.2 Å². The minimum atomic E-state index is 0.0712. The van der Waals surface area contributed by atoms with E-state index in [1.54, 1.807) is 7.11 Å². The summed E-state index contributed by atoms with van der Waals surface area (Å²) >= 11 is 0. The minimum absolute atomic E-state index is 0.0712. The zero-order chi connectivity index (χ0) is 13.0. The van der Waals surface area contributed by atoms with Gasteiger partial charge >= 0.3 is 0 Å². The summed E-state index contributed by atoms with van der Waals surface area (Å²) in [7, 11) is 1.71. The molecule has 0 saturated carbocycles. The van der Waals surface area contributed by atoms with Gasteiger partial charge in [-0.2, -0.15) is 0 Å². The Hall–Kier alpha value is -1.06. The van der Waals surface area contributed by atoms with Crippen molar-refractivity contribution in [3.05, 3.63) is 28.3 Å². The maximum absolute atomic E-state index is 6.21. The SMILES string of the molecule is COc1c(C)cc(C(N)CCCN)c(C)c1C. The zero-order valence-corrected chi connectivity index (χ0v) is 11.3. The standard InChI is InChI=1S/C14H24N2O/c1-9-8-12(13(16)6-5-7-15)10(2)11(3)14(9)17-4/h8,13H,5-7,15-16H2,1-4H3. The molecule has 0 spiro atoms. The van der Waals surface area contributed by atoms with Crippen LogP contribution in [-0.4, -0.2) is 13.7 Å². The largest absolute Gasteiger partial charge is 0.496 e. The molecule has 0 heterocycles. The summed E-state index contributed by atoms with van der Waals surface area (Å²) in [6.45, 7) is 6.94. The first-order chi connectivity index (χ1) is 8.02. The average Bonchev–Trinajstić information content (AvgIpc) is 2.31. The van der Waals surface area contributed by atoms with Crippen LogP contribution >= 0.6 is 0 Å². The van der Waals surface area contributed by atoms with Gasteiger partial charge in [-0.05, 0) is 62.4 Å². The van der Waals surface area contributed by atoms with Crippen LogP contribution < -0.4 is 16.2 Å². The summed E-state index contributed by atoms with van der Waals surface area (Å²) in [5, 5.41) is 0. The first kappa shape index (κ1) is 14.0. The molecule has 0 bridgehead atoms. The molecule has 0 aliphatic rings. The lowest BCUT2D eigenvalue weighted by atomic mass is 9.92. The minimum Gasteiger partial charge on any atom is -0.496 e. The number of nitrogens with two attached hydrogens (primary N) is 2. The van der Waals surface area contributed by atoms with Crippen molar-refractivity contribution >= 4 is 0 Å². The molecule has 17 heavy (non-hydrogen) atoms. The highest BCUT2D eigenvalue weighted by Crippen LogP contribution is 2.31. The summed E-state index contributed by atoms with van der Waals surface area (Å²) in [5.74, 6) is 0.970. The van der Waals surface area contributed by atoms with Crippen LogP contribution in [0, 0.1) is 20.8 Å². The fraction of sp³-hybridized carbons (Fsp3) is 0.571. The molecule has 3 nitrogen and oxygen atoms in total. The molecule has 0 aromatic heterocycles. The molecule has 1 unspecified atom stereocenters. The van der Waals surface area contributed by atoms with E-state index < -0.39 is 0 Å². The van der Waals surface area contributed by atoms with E-state index in [1.807, 2.05) is 0 Å². The van der Waals surface area contributed by atoms with Crippen LogP contribution in [0.2, 0.25) is 0 Å². The molecule has 1 atom stereocenters. The molecule has 96 valence electrons. The molecule has 0 radical (unpaired) electrons. The average molecular weight is 236 g/mol. The topological polar surface area (TPSA) is 61.3 Å². The van der Waals surface area contributed by atoms with Gasteiger partial charge in [-0.25, -0.2) is 0 Å². The first-order valence-corrected chi connectivity index (χ1v) is 6.13. The van der Waals surface area contributed by atoms with E-state index in [2.05, 4.69) is 26.8 Å². The van der Waals surface area contributed by atoms with Crippen LogP contribution in [0.4, 0.5) is 0 Å². The van der Waals surface area contributed by atoms with Gasteiger partial charge in [0, 0.05) is 6.04 Å². The van der Waals surface area contributed by atoms with Gasteiger partial charge in [-0.15, -0.1) is 0 Å². The fourth-order valence-corrected chi connectivity index (χ4v) is 2.28. The van der Waals surface area contributed by atoms with Crippen molar-refractivity contribution in [1.29, 1.82) is 0 Å². The van der Waals surface area contributed by atoms with Crippen molar-refractivity contribution in [3.63, 3.8) is 0 Å². The second kappa shape index (κ2) is 6.03. The van der Waals surface area contributed by atoms with Gasteiger partial charge in [0.15, 0.2) is 0 Å². The van der Waals surface area contributed by atoms with Crippen LogP contribution in [0.25, 0.3) is 0 Å². The van der Waals surface area contributed by atoms with E-state index in [4.69, 9.17) is 16.2 Å². The molecular formula is C14H24N2O. The van der Waals surface area contributed by atoms with Gasteiger partial charge in [-0.1, -0.05) is 6.07 Å². The Balaban J connectivity index is 3.09. The molecule has 0 amide bonds. The fourth-order valence-electron chi connectivity index (χ4n) is 2.28. The van der Waals surface area contributed by atoms with Crippen LogP contribution in [0.1, 0.15) is 41.1 Å². The van der Waals surface area contributed by atoms with Gasteiger partial charge in [-0.3, -0.25) is 0 Å². The van der Waals surface area contributed by atoms with E-state index in [0.29, 0.717) is 6.54 Å². The second-order valence-electron chi connectivity index (χ2n) is 4.60. The van der Waals surface area contributed by atoms with E-state index in [-0.39, 0.29) is 6.04 Å². The molecular weight excluding hydrogens is 212 g/mol. The van der Waals surface area contributed by atoms with Gasteiger partial charge in [0.1, 0.15) is 5.75 Å². The van der Waals surface area contributed by atoms with Crippen LogP contribution in [-0.2, 0) is 0 Å². The van der Waals surface area contributed by atoms with Gasteiger partial charge in [0.25, 0.3) is 0 Å². The number of ether oxygens (including phenoxy) is 1. The van der Waals surface area contributed by atoms with Crippen molar-refractivity contribution in [2.75, 3.05) is 13.7 Å². The third-order valence-electron chi connectivity index (χ3n) is 3.39. The lowest BCUT2D eigenvalue weighted by Crippen LogP contribution is -2.15. The third kappa shape index (κ3) is 2.99. The number of rotatable bonds is 5. The molecule has 0 saturated heterocycles. The van der Waals surface area contributed by atoms with Crippen molar-refractivity contribution in [1.82, 2.24) is 0 Å². The molecule has 4 N–H and O–H groups in total. The van der Waals surface area contributed by atoms with Gasteiger partial charge in [0.05, 0.1) is 7.11 Å². The lowest BCUT2D eigenvalue weighted by molar-refractivity contribution is 0.407. The normalized spacial score (nSPS) is 12.6. The maximum Gasteiger partial charge on any atom is 0.124 e. The van der Waals surface area contributed by atoms with Gasteiger partial charge in [0.2, 0.25) is 0 Å². The third-order valence-corrected chi connectivity index (χ3v) is 3.39. The van der Waals surface area contributed by atoms with E-state index >= 15 is 0 Å².